The summed E-state index contributed by atoms with van der Waals surface area (Å²) in [7, 11) is 0. The molecule has 1 aromatic rings. The summed E-state index contributed by atoms with van der Waals surface area (Å²) in [5.41, 5.74) is 0.462. The van der Waals surface area contributed by atoms with Crippen LogP contribution in [0.5, 0.6) is 0 Å². The predicted molar refractivity (Wildman–Crippen MR) is 64.8 cm³/mol. The molecule has 0 fully saturated rings. The average Bonchev–Trinajstić information content (AvgIpc) is 2.22. The summed E-state index contributed by atoms with van der Waals surface area (Å²) < 4.78 is 13.2. The first-order valence-electron chi connectivity index (χ1n) is 4.37. The van der Waals surface area contributed by atoms with Crippen LogP contribution in [0.15, 0.2) is 22.7 Å². The zero-order chi connectivity index (χ0) is 11.3. The Bertz CT molecular complexity index is 359. The van der Waals surface area contributed by atoms with Gasteiger partial charge in [0, 0.05) is 17.9 Å². The number of halogens is 2. The molecule has 0 aliphatic carbocycles. The monoisotopic (exact) mass is 291 g/mol. The summed E-state index contributed by atoms with van der Waals surface area (Å²) in [5, 5.41) is 2.74. The van der Waals surface area contributed by atoms with Crippen LogP contribution in [0.1, 0.15) is 10.4 Å². The molecule has 1 N–H and O–H groups in total. The van der Waals surface area contributed by atoms with E-state index < -0.39 is 0 Å². The molecule has 0 aliphatic rings. The molecule has 0 unspecified atom stereocenters. The fraction of sp³-hybridized carbons (Fsp3) is 0.300. The van der Waals surface area contributed by atoms with Crippen molar-refractivity contribution in [3.05, 3.63) is 34.1 Å². The van der Waals surface area contributed by atoms with Gasteiger partial charge in [-0.15, -0.1) is 0 Å². The molecule has 0 aromatic heterocycles. The molecule has 0 bridgehead atoms. The van der Waals surface area contributed by atoms with E-state index in [4.69, 9.17) is 0 Å². The summed E-state index contributed by atoms with van der Waals surface area (Å²) in [5.74, 6) is 0.328. The van der Waals surface area contributed by atoms with Gasteiger partial charge in [-0.2, -0.15) is 11.8 Å². The molecule has 0 saturated heterocycles. The normalized spacial score (nSPS) is 10.1. The molecule has 5 heteroatoms. The van der Waals surface area contributed by atoms with Crippen LogP contribution >= 0.6 is 27.7 Å². The molecule has 1 amide bonds. The lowest BCUT2D eigenvalue weighted by molar-refractivity contribution is 0.0956. The smallest absolute Gasteiger partial charge is 0.251 e. The topological polar surface area (TPSA) is 29.1 Å². The van der Waals surface area contributed by atoms with Crippen molar-refractivity contribution in [2.24, 2.45) is 0 Å². The number of amides is 1. The van der Waals surface area contributed by atoms with Gasteiger partial charge in [0.25, 0.3) is 5.91 Å². The third-order valence-electron chi connectivity index (χ3n) is 1.77. The molecule has 15 heavy (non-hydrogen) atoms. The zero-order valence-corrected chi connectivity index (χ0v) is 10.6. The van der Waals surface area contributed by atoms with E-state index in [0.29, 0.717) is 16.6 Å². The van der Waals surface area contributed by atoms with Crippen LogP contribution < -0.4 is 5.32 Å². The van der Waals surface area contributed by atoms with Gasteiger partial charge >= 0.3 is 0 Å². The van der Waals surface area contributed by atoms with Crippen molar-refractivity contribution >= 4 is 33.6 Å². The van der Waals surface area contributed by atoms with Gasteiger partial charge in [-0.1, -0.05) is 0 Å². The van der Waals surface area contributed by atoms with Gasteiger partial charge in [-0.25, -0.2) is 4.39 Å². The van der Waals surface area contributed by atoms with Crippen molar-refractivity contribution in [3.8, 4) is 0 Å². The van der Waals surface area contributed by atoms with Crippen molar-refractivity contribution in [3.63, 3.8) is 0 Å². The summed E-state index contributed by atoms with van der Waals surface area (Å²) in [4.78, 5) is 11.5. The largest absolute Gasteiger partial charge is 0.351 e. The molecule has 0 atom stereocenters. The van der Waals surface area contributed by atoms with E-state index in [-0.39, 0.29) is 11.7 Å². The van der Waals surface area contributed by atoms with Crippen LogP contribution in [-0.4, -0.2) is 24.5 Å². The highest BCUT2D eigenvalue weighted by molar-refractivity contribution is 9.10. The third-order valence-corrected chi connectivity index (χ3v) is 2.99. The Balaban J connectivity index is 2.62. The van der Waals surface area contributed by atoms with Crippen molar-refractivity contribution in [2.75, 3.05) is 18.6 Å². The van der Waals surface area contributed by atoms with Crippen molar-refractivity contribution in [2.45, 2.75) is 0 Å². The van der Waals surface area contributed by atoms with Gasteiger partial charge in [-0.3, -0.25) is 4.79 Å². The molecule has 1 aromatic carbocycles. The van der Waals surface area contributed by atoms with E-state index in [9.17, 15) is 9.18 Å². The number of hydrogen-bond acceptors (Lipinski definition) is 2. The first-order valence-corrected chi connectivity index (χ1v) is 6.56. The minimum atomic E-state index is -0.365. The molecular formula is C10H11BrFNOS. The Hall–Kier alpha value is -0.550. The predicted octanol–water partition coefficient (Wildman–Crippen LogP) is 2.68. The molecule has 2 nitrogen and oxygen atoms in total. The lowest BCUT2D eigenvalue weighted by atomic mass is 10.2. The van der Waals surface area contributed by atoms with Gasteiger partial charge < -0.3 is 5.32 Å². The maximum absolute atomic E-state index is 12.9. The first kappa shape index (κ1) is 12.5. The Morgan fingerprint density at radius 1 is 1.60 bits per heavy atom. The molecular weight excluding hydrogens is 281 g/mol. The van der Waals surface area contributed by atoms with Gasteiger partial charge in [0.15, 0.2) is 0 Å². The molecule has 82 valence electrons. The SMILES string of the molecule is CSCCNC(=O)c1ccc(F)c(Br)c1. The van der Waals surface area contributed by atoms with Crippen molar-refractivity contribution < 1.29 is 9.18 Å². The van der Waals surface area contributed by atoms with E-state index in [1.165, 1.54) is 18.2 Å². The van der Waals surface area contributed by atoms with Crippen LogP contribution in [0, 0.1) is 5.82 Å². The van der Waals surface area contributed by atoms with Gasteiger partial charge in [0.1, 0.15) is 5.82 Å². The van der Waals surface area contributed by atoms with Gasteiger partial charge in [0.05, 0.1) is 4.47 Å². The highest BCUT2D eigenvalue weighted by atomic mass is 79.9. The fourth-order valence-corrected chi connectivity index (χ4v) is 1.69. The summed E-state index contributed by atoms with van der Waals surface area (Å²) in [6.45, 7) is 0.620. The van der Waals surface area contributed by atoms with Crippen LogP contribution in [0.25, 0.3) is 0 Å². The van der Waals surface area contributed by atoms with E-state index >= 15 is 0 Å². The second-order valence-electron chi connectivity index (χ2n) is 2.88. The average molecular weight is 292 g/mol. The summed E-state index contributed by atoms with van der Waals surface area (Å²) >= 11 is 4.70. The number of rotatable bonds is 4. The molecule has 0 radical (unpaired) electrons. The number of hydrogen-bond donors (Lipinski definition) is 1. The molecule has 0 saturated carbocycles. The number of carbonyl (C=O) groups is 1. The standard InChI is InChI=1S/C10H11BrFNOS/c1-15-5-4-13-10(14)7-2-3-9(12)8(11)6-7/h2-3,6H,4-5H2,1H3,(H,13,14). The lowest BCUT2D eigenvalue weighted by Crippen LogP contribution is -2.25. The minimum Gasteiger partial charge on any atom is -0.351 e. The summed E-state index contributed by atoms with van der Waals surface area (Å²) in [6.07, 6.45) is 1.97. The second kappa shape index (κ2) is 6.12. The van der Waals surface area contributed by atoms with Crippen molar-refractivity contribution in [1.29, 1.82) is 0 Å². The number of thioether (sulfide) groups is 1. The number of nitrogens with one attached hydrogen (secondary N) is 1. The second-order valence-corrected chi connectivity index (χ2v) is 4.72. The van der Waals surface area contributed by atoms with E-state index in [1.807, 2.05) is 6.26 Å². The van der Waals surface area contributed by atoms with Crippen LogP contribution in [-0.2, 0) is 0 Å². The van der Waals surface area contributed by atoms with Crippen LogP contribution in [0.2, 0.25) is 0 Å². The Morgan fingerprint density at radius 3 is 2.93 bits per heavy atom. The Morgan fingerprint density at radius 2 is 2.33 bits per heavy atom. The highest BCUT2D eigenvalue weighted by Gasteiger charge is 2.07. The maximum Gasteiger partial charge on any atom is 0.251 e. The quantitative estimate of drug-likeness (QED) is 0.864. The molecule has 0 aliphatic heterocycles. The maximum atomic E-state index is 12.9. The molecule has 0 spiro atoms. The van der Waals surface area contributed by atoms with Gasteiger partial charge in [-0.05, 0) is 40.4 Å². The van der Waals surface area contributed by atoms with Crippen LogP contribution in [0.4, 0.5) is 4.39 Å². The fourth-order valence-electron chi connectivity index (χ4n) is 1.01. The number of benzene rings is 1. The van der Waals surface area contributed by atoms with E-state index in [0.717, 1.165) is 5.75 Å². The van der Waals surface area contributed by atoms with Crippen molar-refractivity contribution in [1.82, 2.24) is 5.32 Å². The molecule has 1 rings (SSSR count). The minimum absolute atomic E-state index is 0.176. The molecule has 0 heterocycles. The zero-order valence-electron chi connectivity index (χ0n) is 8.22. The lowest BCUT2D eigenvalue weighted by Gasteiger charge is -2.04. The van der Waals surface area contributed by atoms with Crippen LogP contribution in [0.3, 0.4) is 0 Å². The Kier molecular flexibility index (Phi) is 5.11. The first-order chi connectivity index (χ1) is 7.15. The van der Waals surface area contributed by atoms with Gasteiger partial charge in [0.2, 0.25) is 0 Å². The van der Waals surface area contributed by atoms with E-state index in [2.05, 4.69) is 21.2 Å². The van der Waals surface area contributed by atoms with E-state index in [1.54, 1.807) is 11.8 Å². The Labute approximate surface area is 101 Å². The highest BCUT2D eigenvalue weighted by Crippen LogP contribution is 2.16. The third kappa shape index (κ3) is 3.83. The number of carbonyl (C=O) groups excluding carboxylic acids is 1. The summed E-state index contributed by atoms with van der Waals surface area (Å²) in [6, 6.07) is 4.21.